The third-order valence-electron chi connectivity index (χ3n) is 2.46. The van der Waals surface area contributed by atoms with Crippen LogP contribution < -0.4 is 0 Å². The maximum absolute atomic E-state index is 10.5. The lowest BCUT2D eigenvalue weighted by molar-refractivity contribution is -0.138. The predicted molar refractivity (Wildman–Crippen MR) is 51.6 cm³/mol. The van der Waals surface area contributed by atoms with Gasteiger partial charge < -0.3 is 10.0 Å². The van der Waals surface area contributed by atoms with Gasteiger partial charge >= 0.3 is 5.97 Å². The van der Waals surface area contributed by atoms with E-state index in [4.69, 9.17) is 5.11 Å². The molecule has 1 aliphatic rings. The normalized spacial score (nSPS) is 24.1. The molecule has 0 spiro atoms. The topological polar surface area (TPSA) is 40.5 Å². The van der Waals surface area contributed by atoms with E-state index in [1.54, 1.807) is 0 Å². The maximum atomic E-state index is 10.5. The molecule has 1 heterocycles. The Labute approximate surface area is 79.7 Å². The Morgan fingerprint density at radius 1 is 1.62 bits per heavy atom. The fraction of sp³-hybridized carbons (Fsp3) is 0.900. The second kappa shape index (κ2) is 4.61. The highest BCUT2D eigenvalue weighted by Crippen LogP contribution is 2.20. The minimum Gasteiger partial charge on any atom is -0.481 e. The lowest BCUT2D eigenvalue weighted by Crippen LogP contribution is -2.25. The zero-order valence-corrected chi connectivity index (χ0v) is 8.49. The van der Waals surface area contributed by atoms with Crippen molar-refractivity contribution in [3.8, 4) is 0 Å². The first-order chi connectivity index (χ1) is 6.08. The zero-order valence-electron chi connectivity index (χ0n) is 8.49. The number of rotatable bonds is 4. The second-order valence-electron chi connectivity index (χ2n) is 4.41. The molecule has 1 saturated heterocycles. The van der Waals surface area contributed by atoms with Crippen molar-refractivity contribution in [2.75, 3.05) is 19.6 Å². The van der Waals surface area contributed by atoms with Crippen LogP contribution in [-0.4, -0.2) is 35.6 Å². The molecule has 0 aliphatic carbocycles. The standard InChI is InChI=1S/C10H19NO2/c1-8(2)6-11-4-3-9(7-11)5-10(12)13/h8-9H,3-7H2,1-2H3,(H,12,13). The molecule has 0 amide bonds. The molecule has 1 rings (SSSR count). The molecule has 13 heavy (non-hydrogen) atoms. The van der Waals surface area contributed by atoms with Gasteiger partial charge in [0.15, 0.2) is 0 Å². The number of carboxylic acids is 1. The summed E-state index contributed by atoms with van der Waals surface area (Å²) >= 11 is 0. The quantitative estimate of drug-likeness (QED) is 0.720. The van der Waals surface area contributed by atoms with Gasteiger partial charge in [0.2, 0.25) is 0 Å². The van der Waals surface area contributed by atoms with Crippen molar-refractivity contribution < 1.29 is 9.90 Å². The molecule has 0 aromatic carbocycles. The highest BCUT2D eigenvalue weighted by atomic mass is 16.4. The number of likely N-dealkylation sites (tertiary alicyclic amines) is 1. The molecular weight excluding hydrogens is 166 g/mol. The van der Waals surface area contributed by atoms with Crippen LogP contribution in [0.25, 0.3) is 0 Å². The first-order valence-electron chi connectivity index (χ1n) is 5.02. The van der Waals surface area contributed by atoms with Crippen LogP contribution in [0.3, 0.4) is 0 Å². The van der Waals surface area contributed by atoms with Crippen molar-refractivity contribution >= 4 is 5.97 Å². The number of aliphatic carboxylic acids is 1. The highest BCUT2D eigenvalue weighted by Gasteiger charge is 2.24. The summed E-state index contributed by atoms with van der Waals surface area (Å²) < 4.78 is 0. The van der Waals surface area contributed by atoms with Gasteiger partial charge in [-0.15, -0.1) is 0 Å². The highest BCUT2D eigenvalue weighted by molar-refractivity contribution is 5.67. The Hall–Kier alpha value is -0.570. The molecule has 0 aromatic rings. The van der Waals surface area contributed by atoms with Crippen molar-refractivity contribution in [2.24, 2.45) is 11.8 Å². The molecule has 0 radical (unpaired) electrons. The molecule has 76 valence electrons. The van der Waals surface area contributed by atoms with Crippen LogP contribution in [-0.2, 0) is 4.79 Å². The predicted octanol–water partition coefficient (Wildman–Crippen LogP) is 1.44. The van der Waals surface area contributed by atoms with Gasteiger partial charge in [0, 0.05) is 19.5 Å². The minimum absolute atomic E-state index is 0.342. The SMILES string of the molecule is CC(C)CN1CCC(CC(=O)O)C1. The number of carbonyl (C=O) groups is 1. The van der Waals surface area contributed by atoms with E-state index in [2.05, 4.69) is 18.7 Å². The minimum atomic E-state index is -0.656. The Kier molecular flexibility index (Phi) is 3.72. The maximum Gasteiger partial charge on any atom is 0.303 e. The second-order valence-corrected chi connectivity index (χ2v) is 4.41. The van der Waals surface area contributed by atoms with E-state index in [-0.39, 0.29) is 0 Å². The molecular formula is C10H19NO2. The van der Waals surface area contributed by atoms with E-state index in [1.807, 2.05) is 0 Å². The van der Waals surface area contributed by atoms with Crippen LogP contribution in [0.2, 0.25) is 0 Å². The smallest absolute Gasteiger partial charge is 0.303 e. The van der Waals surface area contributed by atoms with E-state index in [0.717, 1.165) is 26.1 Å². The molecule has 1 aliphatic heterocycles. The molecule has 0 aromatic heterocycles. The largest absolute Gasteiger partial charge is 0.481 e. The Morgan fingerprint density at radius 2 is 2.31 bits per heavy atom. The molecule has 0 bridgehead atoms. The number of carboxylic acid groups (broad SMARTS) is 1. The van der Waals surface area contributed by atoms with Gasteiger partial charge in [0.25, 0.3) is 0 Å². The lowest BCUT2D eigenvalue weighted by Gasteiger charge is -2.17. The fourth-order valence-electron chi connectivity index (χ4n) is 2.01. The first kappa shape index (κ1) is 10.5. The van der Waals surface area contributed by atoms with Gasteiger partial charge in [-0.25, -0.2) is 0 Å². The summed E-state index contributed by atoms with van der Waals surface area (Å²) in [6.07, 6.45) is 1.40. The van der Waals surface area contributed by atoms with Crippen LogP contribution in [0.4, 0.5) is 0 Å². The third-order valence-corrected chi connectivity index (χ3v) is 2.46. The Balaban J connectivity index is 2.24. The van der Waals surface area contributed by atoms with Crippen LogP contribution >= 0.6 is 0 Å². The molecule has 1 unspecified atom stereocenters. The van der Waals surface area contributed by atoms with Crippen LogP contribution in [0.1, 0.15) is 26.7 Å². The van der Waals surface area contributed by atoms with Gasteiger partial charge in [-0.3, -0.25) is 4.79 Å². The van der Waals surface area contributed by atoms with Crippen LogP contribution in [0.15, 0.2) is 0 Å². The lowest BCUT2D eigenvalue weighted by atomic mass is 10.1. The van der Waals surface area contributed by atoms with Crippen LogP contribution in [0, 0.1) is 11.8 Å². The monoisotopic (exact) mass is 185 g/mol. The average Bonchev–Trinajstić information content (AvgIpc) is 2.33. The van der Waals surface area contributed by atoms with Gasteiger partial charge in [0.05, 0.1) is 0 Å². The Bertz CT molecular complexity index is 180. The van der Waals surface area contributed by atoms with E-state index >= 15 is 0 Å². The van der Waals surface area contributed by atoms with E-state index in [9.17, 15) is 4.79 Å². The summed E-state index contributed by atoms with van der Waals surface area (Å²) in [5, 5.41) is 8.62. The summed E-state index contributed by atoms with van der Waals surface area (Å²) in [4.78, 5) is 12.8. The van der Waals surface area contributed by atoms with Gasteiger partial charge in [-0.05, 0) is 24.8 Å². The van der Waals surface area contributed by atoms with Gasteiger partial charge in [0.1, 0.15) is 0 Å². The summed E-state index contributed by atoms with van der Waals surface area (Å²) in [5.41, 5.74) is 0. The summed E-state index contributed by atoms with van der Waals surface area (Å²) in [5.74, 6) is 0.413. The summed E-state index contributed by atoms with van der Waals surface area (Å²) in [6, 6.07) is 0. The van der Waals surface area contributed by atoms with Crippen molar-refractivity contribution in [3.63, 3.8) is 0 Å². The van der Waals surface area contributed by atoms with Crippen LogP contribution in [0.5, 0.6) is 0 Å². The number of hydrogen-bond acceptors (Lipinski definition) is 2. The summed E-state index contributed by atoms with van der Waals surface area (Å²) in [7, 11) is 0. The molecule has 1 N–H and O–H groups in total. The number of hydrogen-bond donors (Lipinski definition) is 1. The molecule has 3 heteroatoms. The number of nitrogens with zero attached hydrogens (tertiary/aromatic N) is 1. The third kappa shape index (κ3) is 3.77. The first-order valence-corrected chi connectivity index (χ1v) is 5.02. The Morgan fingerprint density at radius 3 is 2.85 bits per heavy atom. The molecule has 0 saturated carbocycles. The van der Waals surface area contributed by atoms with E-state index in [0.29, 0.717) is 18.3 Å². The molecule has 1 atom stereocenters. The molecule has 1 fully saturated rings. The van der Waals surface area contributed by atoms with E-state index in [1.165, 1.54) is 0 Å². The van der Waals surface area contributed by atoms with Gasteiger partial charge in [-0.2, -0.15) is 0 Å². The van der Waals surface area contributed by atoms with E-state index < -0.39 is 5.97 Å². The zero-order chi connectivity index (χ0) is 9.84. The fourth-order valence-corrected chi connectivity index (χ4v) is 2.01. The van der Waals surface area contributed by atoms with Gasteiger partial charge in [-0.1, -0.05) is 13.8 Å². The van der Waals surface area contributed by atoms with Crippen molar-refractivity contribution in [2.45, 2.75) is 26.7 Å². The van der Waals surface area contributed by atoms with Crippen molar-refractivity contribution in [1.82, 2.24) is 4.90 Å². The van der Waals surface area contributed by atoms with Crippen molar-refractivity contribution in [1.29, 1.82) is 0 Å². The average molecular weight is 185 g/mol. The molecule has 3 nitrogen and oxygen atoms in total. The summed E-state index contributed by atoms with van der Waals surface area (Å²) in [6.45, 7) is 7.56. The van der Waals surface area contributed by atoms with Crippen molar-refractivity contribution in [3.05, 3.63) is 0 Å².